The molecule has 0 amide bonds. The summed E-state index contributed by atoms with van der Waals surface area (Å²) in [5, 5.41) is 25.0. The van der Waals surface area contributed by atoms with E-state index in [4.69, 9.17) is 19.6 Å². The molecule has 0 saturated carbocycles. The first kappa shape index (κ1) is 45.9. The number of hydrogen-bond donors (Lipinski definition) is 6. The van der Waals surface area contributed by atoms with Crippen molar-refractivity contribution in [2.24, 2.45) is 20.5 Å². The van der Waals surface area contributed by atoms with Crippen LogP contribution in [-0.2, 0) is 69.1 Å². The summed E-state index contributed by atoms with van der Waals surface area (Å²) in [6.07, 6.45) is 0. The molecule has 31 heteroatoms. The summed E-state index contributed by atoms with van der Waals surface area (Å²) in [5.74, 6) is -3.32. The Hall–Kier alpha value is -4.80. The van der Waals surface area contributed by atoms with Crippen LogP contribution >= 0.6 is 0 Å². The van der Waals surface area contributed by atoms with Crippen LogP contribution in [0.4, 0.5) is 28.4 Å². The molecule has 0 aromatic heterocycles. The number of phenolic OH excluding ortho intramolecular Hbond substituents is 1. The third kappa shape index (κ3) is 11.4. The van der Waals surface area contributed by atoms with Crippen LogP contribution in [0.2, 0.25) is 0 Å². The van der Waals surface area contributed by atoms with Crippen molar-refractivity contribution in [3.63, 3.8) is 0 Å². The van der Waals surface area contributed by atoms with E-state index in [-0.39, 0.29) is 11.4 Å². The first-order valence-electron chi connectivity index (χ1n) is 14.9. The van der Waals surface area contributed by atoms with E-state index in [9.17, 15) is 64.7 Å². The maximum absolute atomic E-state index is 12.8. The number of anilines is 1. The number of nitrogens with zero attached hydrogens (tertiary/aromatic N) is 4. The average Bonchev–Trinajstić information content (AvgIpc) is 3.08. The van der Waals surface area contributed by atoms with Crippen molar-refractivity contribution >= 4 is 99.9 Å². The lowest BCUT2D eigenvalue weighted by Crippen LogP contribution is -2.15. The van der Waals surface area contributed by atoms with Gasteiger partial charge >= 0.3 is 20.8 Å². The molecular formula is C27H27N5O20S6. The normalized spacial score (nSPS) is 13.5. The highest BCUT2D eigenvalue weighted by Gasteiger charge is 2.28. The second kappa shape index (κ2) is 16.8. The van der Waals surface area contributed by atoms with Crippen LogP contribution in [0.15, 0.2) is 94.6 Å². The molecule has 0 atom stereocenters. The van der Waals surface area contributed by atoms with Gasteiger partial charge in [-0.25, -0.2) is 25.2 Å². The van der Waals surface area contributed by atoms with Gasteiger partial charge in [0.2, 0.25) is 0 Å². The number of phenols is 1. The number of ether oxygens (including phenoxy) is 1. The van der Waals surface area contributed by atoms with Crippen LogP contribution < -0.4 is 10.5 Å². The maximum Gasteiger partial charge on any atom is 0.397 e. The lowest BCUT2D eigenvalue weighted by Gasteiger charge is -2.14. The van der Waals surface area contributed by atoms with Gasteiger partial charge < -0.3 is 15.6 Å². The van der Waals surface area contributed by atoms with Gasteiger partial charge in [-0.15, -0.1) is 15.3 Å². The fraction of sp³-hybridized carbons (Fsp3) is 0.185. The SMILES string of the molecule is COc1ccc(S(=O)(=O)CCOS(=O)(=O)O)cc1/N=N/c1c(S(=O)(=O)O)cc2cc(S(=O)(=O)O)c(/N=N/c3cccc(S(=O)(=O)CCOS(=O)(=O)O)c3)c(N)c2c1O. The Bertz CT molecular complexity index is 3050. The molecule has 0 aliphatic rings. The second-order valence-electron chi connectivity index (χ2n) is 11.1. The highest BCUT2D eigenvalue weighted by atomic mass is 32.3. The summed E-state index contributed by atoms with van der Waals surface area (Å²) in [7, 11) is -28.2. The van der Waals surface area contributed by atoms with Gasteiger partial charge in [-0.1, -0.05) is 6.07 Å². The molecular weight excluding hydrogens is 907 g/mol. The maximum atomic E-state index is 12.8. The first-order valence-corrected chi connectivity index (χ1v) is 23.8. The Balaban J connectivity index is 1.88. The van der Waals surface area contributed by atoms with Crippen molar-refractivity contribution in [3.8, 4) is 11.5 Å². The third-order valence-corrected chi connectivity index (χ3v) is 13.3. The number of nitrogens with two attached hydrogens (primary N) is 1. The van der Waals surface area contributed by atoms with Crippen molar-refractivity contribution in [2.45, 2.75) is 19.6 Å². The minimum atomic E-state index is -5.39. The van der Waals surface area contributed by atoms with E-state index in [0.29, 0.717) is 12.1 Å². The zero-order valence-electron chi connectivity index (χ0n) is 28.7. The molecule has 4 aromatic rings. The number of rotatable bonds is 17. The molecule has 0 heterocycles. The molecule has 4 aromatic carbocycles. The van der Waals surface area contributed by atoms with E-state index in [1.807, 2.05) is 0 Å². The van der Waals surface area contributed by atoms with Crippen LogP contribution in [0.1, 0.15) is 0 Å². The van der Waals surface area contributed by atoms with Gasteiger partial charge in [-0.3, -0.25) is 18.2 Å². The van der Waals surface area contributed by atoms with Gasteiger partial charge in [-0.2, -0.15) is 38.8 Å². The number of methoxy groups -OCH3 is 1. The lowest BCUT2D eigenvalue weighted by molar-refractivity contribution is 0.282. The Morgan fingerprint density at radius 2 is 1.12 bits per heavy atom. The molecule has 25 nitrogen and oxygen atoms in total. The Morgan fingerprint density at radius 1 is 0.621 bits per heavy atom. The second-order valence-corrected chi connectivity index (χ2v) is 20.3. The minimum Gasteiger partial charge on any atom is -0.505 e. The molecule has 58 heavy (non-hydrogen) atoms. The molecule has 316 valence electrons. The van der Waals surface area contributed by atoms with Crippen molar-refractivity contribution in [3.05, 3.63) is 54.6 Å². The fourth-order valence-corrected chi connectivity index (χ4v) is 9.09. The largest absolute Gasteiger partial charge is 0.505 e. The van der Waals surface area contributed by atoms with Gasteiger partial charge in [0.15, 0.2) is 25.4 Å². The highest BCUT2D eigenvalue weighted by molar-refractivity contribution is 7.91. The first-order chi connectivity index (χ1) is 26.5. The summed E-state index contributed by atoms with van der Waals surface area (Å²) < 4.78 is 195. The summed E-state index contributed by atoms with van der Waals surface area (Å²) in [4.78, 5) is -3.36. The molecule has 7 N–H and O–H groups in total. The molecule has 0 radical (unpaired) electrons. The fourth-order valence-electron chi connectivity index (χ4n) is 4.73. The van der Waals surface area contributed by atoms with Gasteiger partial charge in [0.25, 0.3) is 20.2 Å². The summed E-state index contributed by atoms with van der Waals surface area (Å²) >= 11 is 0. The van der Waals surface area contributed by atoms with E-state index >= 15 is 0 Å². The monoisotopic (exact) mass is 933 g/mol. The van der Waals surface area contributed by atoms with Crippen molar-refractivity contribution in [1.82, 2.24) is 0 Å². The van der Waals surface area contributed by atoms with Crippen LogP contribution in [0.3, 0.4) is 0 Å². The average molecular weight is 934 g/mol. The zero-order chi connectivity index (χ0) is 43.6. The zero-order valence-corrected chi connectivity index (χ0v) is 33.6. The Labute approximate surface area is 329 Å². The Kier molecular flexibility index (Phi) is 13.3. The molecule has 0 aliphatic carbocycles. The quantitative estimate of drug-likeness (QED) is 0.0503. The topological polar surface area (TPSA) is 409 Å². The van der Waals surface area contributed by atoms with Crippen molar-refractivity contribution in [1.29, 1.82) is 0 Å². The number of hydrogen-bond acceptors (Lipinski definition) is 21. The van der Waals surface area contributed by atoms with Crippen molar-refractivity contribution in [2.75, 3.05) is 37.6 Å². The predicted octanol–water partition coefficient (Wildman–Crippen LogP) is 2.65. The highest BCUT2D eigenvalue weighted by Crippen LogP contribution is 2.48. The molecule has 0 fully saturated rings. The molecule has 0 bridgehead atoms. The van der Waals surface area contributed by atoms with E-state index in [1.54, 1.807) is 0 Å². The third-order valence-electron chi connectivity index (χ3n) is 7.25. The molecule has 0 aliphatic heterocycles. The lowest BCUT2D eigenvalue weighted by atomic mass is 10.1. The van der Waals surface area contributed by atoms with Crippen LogP contribution in [0.25, 0.3) is 10.8 Å². The van der Waals surface area contributed by atoms with Crippen LogP contribution in [0.5, 0.6) is 11.5 Å². The van der Waals surface area contributed by atoms with Crippen molar-refractivity contribution < 1.29 is 86.9 Å². The summed E-state index contributed by atoms with van der Waals surface area (Å²) in [6.45, 7) is -1.97. The van der Waals surface area contributed by atoms with Gasteiger partial charge in [-0.05, 0) is 53.9 Å². The number of azo groups is 2. The molecule has 0 saturated heterocycles. The van der Waals surface area contributed by atoms with E-state index in [0.717, 1.165) is 49.6 Å². The van der Waals surface area contributed by atoms with E-state index in [2.05, 4.69) is 28.8 Å². The van der Waals surface area contributed by atoms with Gasteiger partial charge in [0, 0.05) is 0 Å². The minimum absolute atomic E-state index is 0.200. The summed E-state index contributed by atoms with van der Waals surface area (Å²) in [6, 6.07) is 8.30. The number of sulfone groups is 2. The number of aromatic hydroxyl groups is 1. The van der Waals surface area contributed by atoms with Gasteiger partial charge in [0.1, 0.15) is 32.6 Å². The molecule has 0 spiro atoms. The number of nitrogen functional groups attached to an aromatic ring is 1. The van der Waals surface area contributed by atoms with Crippen LogP contribution in [-0.4, -0.2) is 106 Å². The molecule has 0 unspecified atom stereocenters. The van der Waals surface area contributed by atoms with E-state index in [1.165, 1.54) is 0 Å². The smallest absolute Gasteiger partial charge is 0.397 e. The predicted molar refractivity (Wildman–Crippen MR) is 197 cm³/mol. The van der Waals surface area contributed by atoms with Gasteiger partial charge in [0.05, 0.1) is 58.4 Å². The number of fused-ring (bicyclic) bond motifs is 1. The van der Waals surface area contributed by atoms with E-state index < -0.39 is 144 Å². The Morgan fingerprint density at radius 3 is 1.62 bits per heavy atom. The van der Waals surface area contributed by atoms with Crippen LogP contribution in [0, 0.1) is 0 Å². The standard InChI is InChI=1S/C27H27N5O20S6/c1-50-20-6-5-18(54(36,37)10-8-52-58(47,48)49)14-19(20)30-32-26-22(56(41,42)43)12-15-11-21(55(38,39)40)25(24(28)23(15)27(26)33)31-29-16-3-2-4-17(13-16)53(34,35)9-7-51-57(44,45)46/h2-6,11-14,33H,7-10,28H2,1H3,(H,38,39,40)(H,41,42,43)(H,44,45,46)(H,47,48,49)/b31-29+,32-30+. The number of benzene rings is 4. The summed E-state index contributed by atoms with van der Waals surface area (Å²) in [5.41, 5.74) is 2.62. The molecule has 4 rings (SSSR count).